The number of anilines is 1. The van der Waals surface area contributed by atoms with Gasteiger partial charge in [-0.1, -0.05) is 0 Å². The van der Waals surface area contributed by atoms with Gasteiger partial charge in [0.25, 0.3) is 5.91 Å². The van der Waals surface area contributed by atoms with E-state index in [1.54, 1.807) is 26.4 Å². The van der Waals surface area contributed by atoms with Gasteiger partial charge in [0.2, 0.25) is 5.88 Å². The number of aromatic nitrogens is 3. The second kappa shape index (κ2) is 6.25. The van der Waals surface area contributed by atoms with E-state index in [9.17, 15) is 4.79 Å². The highest BCUT2D eigenvalue weighted by Crippen LogP contribution is 2.29. The highest BCUT2D eigenvalue weighted by atomic mass is 16.5. The zero-order chi connectivity index (χ0) is 16.4. The second-order valence-electron chi connectivity index (χ2n) is 5.36. The number of hydrogen-bond donors (Lipinski definition) is 2. The molecule has 122 valence electrons. The molecule has 0 aliphatic carbocycles. The number of nitrogens with two attached hydrogens (primary N) is 1. The van der Waals surface area contributed by atoms with E-state index in [0.717, 1.165) is 12.0 Å². The number of nitrogens with zero attached hydrogens (tertiary/aromatic N) is 3. The number of nitrogen functional groups attached to an aromatic ring is 1. The van der Waals surface area contributed by atoms with Crippen LogP contribution in [0.1, 0.15) is 28.4 Å². The molecular weight excluding hydrogens is 298 g/mol. The van der Waals surface area contributed by atoms with Crippen molar-refractivity contribution in [3.63, 3.8) is 0 Å². The minimum absolute atomic E-state index is 0.141. The van der Waals surface area contributed by atoms with Crippen molar-refractivity contribution in [2.24, 2.45) is 7.05 Å². The zero-order valence-electron chi connectivity index (χ0n) is 13.0. The van der Waals surface area contributed by atoms with Crippen molar-refractivity contribution in [2.75, 3.05) is 19.5 Å². The summed E-state index contributed by atoms with van der Waals surface area (Å²) in [7, 11) is 3.26. The van der Waals surface area contributed by atoms with E-state index >= 15 is 0 Å². The van der Waals surface area contributed by atoms with Gasteiger partial charge in [0.15, 0.2) is 0 Å². The zero-order valence-corrected chi connectivity index (χ0v) is 13.0. The average molecular weight is 317 g/mol. The van der Waals surface area contributed by atoms with E-state index in [1.807, 2.05) is 6.07 Å². The molecule has 1 aliphatic heterocycles. The van der Waals surface area contributed by atoms with E-state index in [1.165, 1.54) is 10.9 Å². The van der Waals surface area contributed by atoms with Gasteiger partial charge in [0.05, 0.1) is 19.3 Å². The Morgan fingerprint density at radius 3 is 2.91 bits per heavy atom. The second-order valence-corrected chi connectivity index (χ2v) is 5.36. The molecule has 1 saturated heterocycles. The molecule has 1 amide bonds. The van der Waals surface area contributed by atoms with E-state index < -0.39 is 0 Å². The summed E-state index contributed by atoms with van der Waals surface area (Å²) in [6, 6.07) is 3.52. The maximum absolute atomic E-state index is 12.4. The van der Waals surface area contributed by atoms with Crippen molar-refractivity contribution in [3.05, 3.63) is 35.7 Å². The maximum atomic E-state index is 12.4. The molecule has 0 bridgehead atoms. The molecule has 3 rings (SSSR count). The van der Waals surface area contributed by atoms with Crippen molar-refractivity contribution >= 4 is 11.7 Å². The summed E-state index contributed by atoms with van der Waals surface area (Å²) in [5.74, 6) is 0.622. The normalized spacial score (nSPS) is 20.4. The first kappa shape index (κ1) is 15.3. The van der Waals surface area contributed by atoms with E-state index in [0.29, 0.717) is 23.9 Å². The standard InChI is InChI=1S/C15H19N5O3/c1-20-14(16)10(8-18-20)15(21)19-11-5-6-23-13(11)9-3-4-12(22-2)17-7-9/h3-4,7-8,11,13H,5-6,16H2,1-2H3,(H,19,21)/t11-,13+/m0/s1. The Balaban J connectivity index is 1.73. The van der Waals surface area contributed by atoms with Crippen LogP contribution in [0.5, 0.6) is 5.88 Å². The lowest BCUT2D eigenvalue weighted by Gasteiger charge is -2.20. The van der Waals surface area contributed by atoms with Crippen LogP contribution in [-0.2, 0) is 11.8 Å². The fourth-order valence-corrected chi connectivity index (χ4v) is 2.61. The summed E-state index contributed by atoms with van der Waals surface area (Å²) in [6.45, 7) is 0.574. The van der Waals surface area contributed by atoms with Crippen molar-refractivity contribution in [1.29, 1.82) is 0 Å². The topological polar surface area (TPSA) is 104 Å². The monoisotopic (exact) mass is 317 g/mol. The molecule has 2 atom stereocenters. The van der Waals surface area contributed by atoms with Gasteiger partial charge in [0.1, 0.15) is 17.5 Å². The molecular formula is C15H19N5O3. The summed E-state index contributed by atoms with van der Waals surface area (Å²) in [6.07, 6.45) is 3.65. The number of methoxy groups -OCH3 is 1. The SMILES string of the molecule is COc1ccc([C@H]2OCC[C@@H]2NC(=O)c2cnn(C)c2N)cn1. The van der Waals surface area contributed by atoms with E-state index in [-0.39, 0.29) is 18.1 Å². The molecule has 3 heterocycles. The molecule has 0 unspecified atom stereocenters. The number of carbonyl (C=O) groups excluding carboxylic acids is 1. The predicted octanol–water partition coefficient (Wildman–Crippen LogP) is 0.666. The Bertz CT molecular complexity index is 698. The maximum Gasteiger partial charge on any atom is 0.256 e. The first-order valence-electron chi connectivity index (χ1n) is 7.30. The molecule has 8 heteroatoms. The number of aryl methyl sites for hydroxylation is 1. The first-order chi connectivity index (χ1) is 11.1. The highest BCUT2D eigenvalue weighted by molar-refractivity contribution is 5.98. The summed E-state index contributed by atoms with van der Waals surface area (Å²) in [5.41, 5.74) is 7.10. The van der Waals surface area contributed by atoms with Crippen molar-refractivity contribution < 1.29 is 14.3 Å². The van der Waals surface area contributed by atoms with Crippen LogP contribution in [0.15, 0.2) is 24.5 Å². The Labute approximate surface area is 133 Å². The van der Waals surface area contributed by atoms with Gasteiger partial charge in [-0.3, -0.25) is 9.48 Å². The minimum Gasteiger partial charge on any atom is -0.481 e. The molecule has 3 N–H and O–H groups in total. The van der Waals surface area contributed by atoms with Crippen LogP contribution in [0.25, 0.3) is 0 Å². The van der Waals surface area contributed by atoms with E-state index in [2.05, 4.69) is 15.4 Å². The average Bonchev–Trinajstić information content (AvgIpc) is 3.15. The lowest BCUT2D eigenvalue weighted by atomic mass is 10.0. The van der Waals surface area contributed by atoms with Crippen LogP contribution in [0.3, 0.4) is 0 Å². The molecule has 0 spiro atoms. The first-order valence-corrected chi connectivity index (χ1v) is 7.30. The smallest absolute Gasteiger partial charge is 0.256 e. The third kappa shape index (κ3) is 2.98. The van der Waals surface area contributed by atoms with E-state index in [4.69, 9.17) is 15.2 Å². The largest absolute Gasteiger partial charge is 0.481 e. The molecule has 23 heavy (non-hydrogen) atoms. The van der Waals surface area contributed by atoms with Crippen molar-refractivity contribution in [2.45, 2.75) is 18.6 Å². The third-order valence-electron chi connectivity index (χ3n) is 3.93. The van der Waals surface area contributed by atoms with Gasteiger partial charge < -0.3 is 20.5 Å². The third-order valence-corrected chi connectivity index (χ3v) is 3.93. The van der Waals surface area contributed by atoms with Crippen LogP contribution in [0, 0.1) is 0 Å². The fourth-order valence-electron chi connectivity index (χ4n) is 2.61. The van der Waals surface area contributed by atoms with Crippen LogP contribution < -0.4 is 15.8 Å². The van der Waals surface area contributed by atoms with Gasteiger partial charge in [-0.25, -0.2) is 4.98 Å². The van der Waals surface area contributed by atoms with Gasteiger partial charge in [-0.05, 0) is 12.5 Å². The number of amides is 1. The number of hydrogen-bond acceptors (Lipinski definition) is 6. The Kier molecular flexibility index (Phi) is 4.16. The van der Waals surface area contributed by atoms with Crippen LogP contribution in [0.4, 0.5) is 5.82 Å². The molecule has 8 nitrogen and oxygen atoms in total. The van der Waals surface area contributed by atoms with Gasteiger partial charge in [-0.15, -0.1) is 0 Å². The molecule has 2 aromatic heterocycles. The highest BCUT2D eigenvalue weighted by Gasteiger charge is 2.32. The predicted molar refractivity (Wildman–Crippen MR) is 83.0 cm³/mol. The Hall–Kier alpha value is -2.61. The van der Waals surface area contributed by atoms with Gasteiger partial charge in [-0.2, -0.15) is 5.10 Å². The molecule has 1 fully saturated rings. The number of ether oxygens (including phenoxy) is 2. The summed E-state index contributed by atoms with van der Waals surface area (Å²) in [5, 5.41) is 6.95. The number of nitrogens with one attached hydrogen (secondary N) is 1. The number of carbonyl (C=O) groups is 1. The van der Waals surface area contributed by atoms with Crippen molar-refractivity contribution in [3.8, 4) is 5.88 Å². The van der Waals surface area contributed by atoms with Gasteiger partial charge in [0, 0.05) is 31.5 Å². The summed E-state index contributed by atoms with van der Waals surface area (Å²) in [4.78, 5) is 16.6. The Morgan fingerprint density at radius 2 is 2.30 bits per heavy atom. The molecule has 2 aromatic rings. The lowest BCUT2D eigenvalue weighted by Crippen LogP contribution is -2.37. The summed E-state index contributed by atoms with van der Waals surface area (Å²) >= 11 is 0. The van der Waals surface area contributed by atoms with Crippen LogP contribution >= 0.6 is 0 Å². The molecule has 0 aromatic carbocycles. The van der Waals surface area contributed by atoms with Gasteiger partial charge >= 0.3 is 0 Å². The number of pyridine rings is 1. The molecule has 0 saturated carbocycles. The molecule has 0 radical (unpaired) electrons. The quantitative estimate of drug-likeness (QED) is 0.858. The molecule has 1 aliphatic rings. The van der Waals surface area contributed by atoms with Crippen LogP contribution in [-0.4, -0.2) is 40.4 Å². The Morgan fingerprint density at radius 1 is 1.48 bits per heavy atom. The summed E-state index contributed by atoms with van der Waals surface area (Å²) < 4.78 is 12.3. The van der Waals surface area contributed by atoms with Crippen molar-refractivity contribution in [1.82, 2.24) is 20.1 Å². The number of rotatable bonds is 4. The fraction of sp³-hybridized carbons (Fsp3) is 0.400. The lowest BCUT2D eigenvalue weighted by molar-refractivity contribution is 0.0820. The van der Waals surface area contributed by atoms with Crippen LogP contribution in [0.2, 0.25) is 0 Å². The minimum atomic E-state index is -0.252.